The third-order valence-corrected chi connectivity index (χ3v) is 2.23. The lowest BCUT2D eigenvalue weighted by molar-refractivity contribution is -0.114. The summed E-state index contributed by atoms with van der Waals surface area (Å²) in [5.74, 6) is -0.999. The summed E-state index contributed by atoms with van der Waals surface area (Å²) in [7, 11) is -4.37. The molecule has 0 heterocycles. The molecule has 0 atom stereocenters. The number of para-hydroxylation sites is 2. The molecule has 0 radical (unpaired) electrons. The van der Waals surface area contributed by atoms with Crippen LogP contribution in [0, 0.1) is 0 Å². The fourth-order valence-electron chi connectivity index (χ4n) is 0.956. The summed E-state index contributed by atoms with van der Waals surface area (Å²) in [5.41, 5.74) is 0.121. The first-order valence-electron chi connectivity index (χ1n) is 4.01. The van der Waals surface area contributed by atoms with Crippen LogP contribution in [-0.2, 0) is 9.36 Å². The summed E-state index contributed by atoms with van der Waals surface area (Å²) in [6.45, 7) is 0. The summed E-state index contributed by atoms with van der Waals surface area (Å²) in [5, 5.41) is 11.4. The monoisotopic (exact) mass is 231 g/mol. The van der Waals surface area contributed by atoms with Gasteiger partial charge in [-0.25, -0.2) is 0 Å². The van der Waals surface area contributed by atoms with Gasteiger partial charge < -0.3 is 20.2 Å². The number of anilines is 1. The van der Waals surface area contributed by atoms with E-state index in [2.05, 4.69) is 5.32 Å². The highest BCUT2D eigenvalue weighted by Crippen LogP contribution is 2.34. The van der Waals surface area contributed by atoms with Crippen LogP contribution >= 0.6 is 7.60 Å². The van der Waals surface area contributed by atoms with E-state index in [1.807, 2.05) is 0 Å². The largest absolute Gasteiger partial charge is 0.506 e. The number of benzene rings is 1. The molecule has 1 aromatic rings. The van der Waals surface area contributed by atoms with Crippen LogP contribution in [-0.4, -0.2) is 27.0 Å². The van der Waals surface area contributed by atoms with Gasteiger partial charge in [-0.1, -0.05) is 12.1 Å². The van der Waals surface area contributed by atoms with Crippen LogP contribution < -0.4 is 5.32 Å². The molecule has 0 unspecified atom stereocenters. The Morgan fingerprint density at radius 1 is 1.33 bits per heavy atom. The van der Waals surface area contributed by atoms with E-state index in [-0.39, 0.29) is 11.4 Å². The van der Waals surface area contributed by atoms with Crippen molar-refractivity contribution in [3.05, 3.63) is 24.3 Å². The second-order valence-corrected chi connectivity index (χ2v) is 4.53. The Labute approximate surface area is 85.7 Å². The molecule has 0 bridgehead atoms. The maximum absolute atomic E-state index is 11.1. The fourth-order valence-corrected chi connectivity index (χ4v) is 1.41. The quantitative estimate of drug-likeness (QED) is 0.448. The Morgan fingerprint density at radius 2 is 1.93 bits per heavy atom. The molecule has 7 heteroatoms. The summed E-state index contributed by atoms with van der Waals surface area (Å²) < 4.78 is 10.5. The van der Waals surface area contributed by atoms with E-state index in [4.69, 9.17) is 9.79 Å². The van der Waals surface area contributed by atoms with Crippen LogP contribution in [0.15, 0.2) is 24.3 Å². The molecule has 1 aromatic carbocycles. The third-order valence-electron chi connectivity index (χ3n) is 1.53. The second-order valence-electron chi connectivity index (χ2n) is 2.89. The van der Waals surface area contributed by atoms with E-state index in [0.29, 0.717) is 0 Å². The normalized spacial score (nSPS) is 11.1. The highest BCUT2D eigenvalue weighted by Gasteiger charge is 2.19. The molecule has 15 heavy (non-hydrogen) atoms. The molecule has 1 amide bonds. The molecule has 0 spiro atoms. The number of phenolic OH excluding ortho intramolecular Hbond substituents is 1. The number of amides is 1. The molecule has 0 aliphatic carbocycles. The molecule has 0 saturated heterocycles. The molecule has 6 nitrogen and oxygen atoms in total. The highest BCUT2D eigenvalue weighted by molar-refractivity contribution is 7.52. The van der Waals surface area contributed by atoms with E-state index in [1.54, 1.807) is 12.1 Å². The van der Waals surface area contributed by atoms with Gasteiger partial charge in [0.25, 0.3) is 0 Å². The number of nitrogens with one attached hydrogen (secondary N) is 1. The molecule has 0 saturated carbocycles. The maximum Gasteiger partial charge on any atom is 0.334 e. The molecular formula is C8H10NO5P. The van der Waals surface area contributed by atoms with Crippen molar-refractivity contribution >= 4 is 19.2 Å². The van der Waals surface area contributed by atoms with Gasteiger partial charge in [0.1, 0.15) is 11.9 Å². The summed E-state index contributed by atoms with van der Waals surface area (Å²) in [6.07, 6.45) is -0.901. The van der Waals surface area contributed by atoms with Crippen LogP contribution in [0.25, 0.3) is 0 Å². The molecule has 1 rings (SSSR count). The van der Waals surface area contributed by atoms with Crippen molar-refractivity contribution in [1.82, 2.24) is 0 Å². The first-order chi connectivity index (χ1) is 6.88. The van der Waals surface area contributed by atoms with Gasteiger partial charge in [0.05, 0.1) is 5.69 Å². The van der Waals surface area contributed by atoms with Gasteiger partial charge in [-0.05, 0) is 12.1 Å². The van der Waals surface area contributed by atoms with Crippen molar-refractivity contribution < 1.29 is 24.3 Å². The maximum atomic E-state index is 11.1. The average molecular weight is 231 g/mol. The molecule has 0 aliphatic rings. The molecule has 0 aromatic heterocycles. The summed E-state index contributed by atoms with van der Waals surface area (Å²) in [4.78, 5) is 28.1. The van der Waals surface area contributed by atoms with Crippen molar-refractivity contribution in [1.29, 1.82) is 0 Å². The van der Waals surface area contributed by atoms with Gasteiger partial charge in [-0.3, -0.25) is 9.36 Å². The van der Waals surface area contributed by atoms with E-state index in [9.17, 15) is 14.5 Å². The van der Waals surface area contributed by atoms with Crippen molar-refractivity contribution in [2.75, 3.05) is 11.5 Å². The minimum atomic E-state index is -4.37. The lowest BCUT2D eigenvalue weighted by atomic mass is 10.3. The predicted molar refractivity (Wildman–Crippen MR) is 53.6 cm³/mol. The topological polar surface area (TPSA) is 107 Å². The molecule has 0 aliphatic heterocycles. The summed E-state index contributed by atoms with van der Waals surface area (Å²) >= 11 is 0. The van der Waals surface area contributed by atoms with E-state index < -0.39 is 19.7 Å². The van der Waals surface area contributed by atoms with Crippen LogP contribution in [0.2, 0.25) is 0 Å². The fraction of sp³-hybridized carbons (Fsp3) is 0.125. The Bertz CT molecular complexity index is 413. The number of hydrogen-bond donors (Lipinski definition) is 4. The Kier molecular flexibility index (Phi) is 3.47. The third kappa shape index (κ3) is 4.12. The van der Waals surface area contributed by atoms with Crippen LogP contribution in [0.5, 0.6) is 5.75 Å². The van der Waals surface area contributed by atoms with E-state index >= 15 is 0 Å². The molecule has 0 fully saturated rings. The van der Waals surface area contributed by atoms with Crippen molar-refractivity contribution in [2.45, 2.75) is 0 Å². The average Bonchev–Trinajstić information content (AvgIpc) is 2.05. The minimum absolute atomic E-state index is 0.121. The van der Waals surface area contributed by atoms with Crippen molar-refractivity contribution in [3.63, 3.8) is 0 Å². The summed E-state index contributed by atoms with van der Waals surface area (Å²) in [6, 6.07) is 5.92. The number of carbonyl (C=O) groups excluding carboxylic acids is 1. The Hall–Kier alpha value is -1.36. The van der Waals surface area contributed by atoms with Gasteiger partial charge in [0.2, 0.25) is 5.91 Å². The first-order valence-corrected chi connectivity index (χ1v) is 5.81. The molecular weight excluding hydrogens is 221 g/mol. The lowest BCUT2D eigenvalue weighted by Crippen LogP contribution is -2.16. The van der Waals surface area contributed by atoms with Gasteiger partial charge in [-0.15, -0.1) is 0 Å². The standard InChI is InChI=1S/C8H10NO5P/c10-7-4-2-1-3-6(7)9-8(11)5-15(12,13)14/h1-4,10H,5H2,(H,9,11)(H2,12,13,14). The smallest absolute Gasteiger partial charge is 0.334 e. The van der Waals surface area contributed by atoms with Gasteiger partial charge in [0.15, 0.2) is 0 Å². The zero-order chi connectivity index (χ0) is 11.5. The van der Waals surface area contributed by atoms with E-state index in [0.717, 1.165) is 0 Å². The van der Waals surface area contributed by atoms with Gasteiger partial charge in [-0.2, -0.15) is 0 Å². The zero-order valence-electron chi connectivity index (χ0n) is 7.62. The van der Waals surface area contributed by atoms with Crippen LogP contribution in [0.4, 0.5) is 5.69 Å². The van der Waals surface area contributed by atoms with Crippen LogP contribution in [0.3, 0.4) is 0 Å². The predicted octanol–water partition coefficient (Wildman–Crippen LogP) is 0.508. The zero-order valence-corrected chi connectivity index (χ0v) is 8.52. The van der Waals surface area contributed by atoms with Gasteiger partial charge in [0, 0.05) is 0 Å². The second kappa shape index (κ2) is 4.44. The number of carbonyl (C=O) groups is 1. The van der Waals surface area contributed by atoms with Crippen molar-refractivity contribution in [2.24, 2.45) is 0 Å². The molecule has 4 N–H and O–H groups in total. The highest BCUT2D eigenvalue weighted by atomic mass is 31.2. The SMILES string of the molecule is O=C(CP(=O)(O)O)Nc1ccccc1O. The number of hydrogen-bond acceptors (Lipinski definition) is 3. The Balaban J connectivity index is 2.68. The number of rotatable bonds is 3. The number of phenols is 1. The van der Waals surface area contributed by atoms with Gasteiger partial charge >= 0.3 is 7.60 Å². The molecule has 82 valence electrons. The van der Waals surface area contributed by atoms with E-state index in [1.165, 1.54) is 12.1 Å². The number of aromatic hydroxyl groups is 1. The van der Waals surface area contributed by atoms with Crippen molar-refractivity contribution in [3.8, 4) is 5.75 Å². The first kappa shape index (κ1) is 11.7. The minimum Gasteiger partial charge on any atom is -0.506 e. The van der Waals surface area contributed by atoms with Crippen LogP contribution in [0.1, 0.15) is 0 Å². The lowest BCUT2D eigenvalue weighted by Gasteiger charge is -2.07. The Morgan fingerprint density at radius 3 is 2.47 bits per heavy atom.